The number of ketones is 1. The zero-order valence-corrected chi connectivity index (χ0v) is 12.3. The van der Waals surface area contributed by atoms with Gasteiger partial charge >= 0.3 is 0 Å². The first-order valence-electron chi connectivity index (χ1n) is 6.33. The Hall–Kier alpha value is -0.870. The maximum absolute atomic E-state index is 12.5. The van der Waals surface area contributed by atoms with E-state index in [1.54, 1.807) is 4.68 Å². The summed E-state index contributed by atoms with van der Waals surface area (Å²) in [7, 11) is 1.81. The van der Waals surface area contributed by atoms with Gasteiger partial charge in [-0.1, -0.05) is 25.4 Å². The SMILES string of the molecule is CCC(CC)(CN)C(=O)Cc1c(Cl)c(C)nn1C. The molecule has 0 saturated carbocycles. The van der Waals surface area contributed by atoms with E-state index in [4.69, 9.17) is 17.3 Å². The van der Waals surface area contributed by atoms with Gasteiger partial charge in [-0.25, -0.2) is 0 Å². The molecule has 1 rings (SSSR count). The van der Waals surface area contributed by atoms with E-state index in [1.165, 1.54) is 0 Å². The molecule has 102 valence electrons. The van der Waals surface area contributed by atoms with Gasteiger partial charge in [-0.3, -0.25) is 9.48 Å². The minimum atomic E-state index is -0.429. The Morgan fingerprint density at radius 2 is 2.00 bits per heavy atom. The zero-order chi connectivity index (χ0) is 13.9. The number of nitrogens with zero attached hydrogens (tertiary/aromatic N) is 2. The van der Waals surface area contributed by atoms with Crippen LogP contribution >= 0.6 is 11.6 Å². The number of rotatable bonds is 6. The van der Waals surface area contributed by atoms with Crippen LogP contribution in [0, 0.1) is 12.3 Å². The molecule has 0 atom stereocenters. The van der Waals surface area contributed by atoms with Crippen LogP contribution in [-0.4, -0.2) is 22.1 Å². The summed E-state index contributed by atoms with van der Waals surface area (Å²) < 4.78 is 1.68. The summed E-state index contributed by atoms with van der Waals surface area (Å²) in [5, 5.41) is 4.81. The van der Waals surface area contributed by atoms with Crippen LogP contribution in [0.3, 0.4) is 0 Å². The molecule has 0 aliphatic carbocycles. The van der Waals surface area contributed by atoms with Crippen molar-refractivity contribution in [3.05, 3.63) is 16.4 Å². The van der Waals surface area contributed by atoms with E-state index in [1.807, 2.05) is 27.8 Å². The number of hydrogen-bond donors (Lipinski definition) is 1. The molecule has 18 heavy (non-hydrogen) atoms. The number of hydrogen-bond acceptors (Lipinski definition) is 3. The van der Waals surface area contributed by atoms with E-state index in [9.17, 15) is 4.79 Å². The lowest BCUT2D eigenvalue weighted by atomic mass is 9.77. The number of Topliss-reactive ketones (excluding diaryl/α,β-unsaturated/α-hetero) is 1. The predicted molar refractivity (Wildman–Crippen MR) is 73.7 cm³/mol. The van der Waals surface area contributed by atoms with Gasteiger partial charge in [-0.2, -0.15) is 5.10 Å². The smallest absolute Gasteiger partial charge is 0.146 e. The molecule has 0 aliphatic heterocycles. The summed E-state index contributed by atoms with van der Waals surface area (Å²) in [5.41, 5.74) is 6.89. The maximum Gasteiger partial charge on any atom is 0.146 e. The Morgan fingerprint density at radius 3 is 2.33 bits per heavy atom. The first-order valence-corrected chi connectivity index (χ1v) is 6.71. The normalized spacial score (nSPS) is 11.9. The Labute approximate surface area is 113 Å². The van der Waals surface area contributed by atoms with Crippen LogP contribution < -0.4 is 5.73 Å². The van der Waals surface area contributed by atoms with Gasteiger partial charge < -0.3 is 5.73 Å². The van der Waals surface area contributed by atoms with Crippen LogP contribution in [0.25, 0.3) is 0 Å². The van der Waals surface area contributed by atoms with E-state index in [-0.39, 0.29) is 5.78 Å². The Balaban J connectivity index is 3.00. The monoisotopic (exact) mass is 271 g/mol. The molecule has 1 aromatic rings. The molecule has 0 amide bonds. The summed E-state index contributed by atoms with van der Waals surface area (Å²) in [6.45, 7) is 6.23. The number of carbonyl (C=O) groups is 1. The highest BCUT2D eigenvalue weighted by Crippen LogP contribution is 2.29. The molecule has 0 spiro atoms. The summed E-state index contributed by atoms with van der Waals surface area (Å²) in [4.78, 5) is 12.5. The molecule has 4 nitrogen and oxygen atoms in total. The minimum Gasteiger partial charge on any atom is -0.329 e. The molecule has 0 radical (unpaired) electrons. The van der Waals surface area contributed by atoms with Crippen LogP contribution in [0.5, 0.6) is 0 Å². The summed E-state index contributed by atoms with van der Waals surface area (Å²) >= 11 is 6.17. The molecule has 2 N–H and O–H groups in total. The zero-order valence-electron chi connectivity index (χ0n) is 11.6. The molecule has 0 aliphatic rings. The van der Waals surface area contributed by atoms with Gasteiger partial charge in [-0.15, -0.1) is 0 Å². The summed E-state index contributed by atoms with van der Waals surface area (Å²) in [6, 6.07) is 0. The highest BCUT2D eigenvalue weighted by Gasteiger charge is 2.34. The number of aromatic nitrogens is 2. The maximum atomic E-state index is 12.5. The van der Waals surface area contributed by atoms with Crippen molar-refractivity contribution in [2.45, 2.75) is 40.0 Å². The third kappa shape index (κ3) is 2.59. The molecule has 0 saturated heterocycles. The summed E-state index contributed by atoms with van der Waals surface area (Å²) in [6.07, 6.45) is 1.82. The third-order valence-corrected chi connectivity index (χ3v) is 4.42. The van der Waals surface area contributed by atoms with Crippen LogP contribution in [-0.2, 0) is 18.3 Å². The van der Waals surface area contributed by atoms with Crippen molar-refractivity contribution in [1.29, 1.82) is 0 Å². The third-order valence-electron chi connectivity index (χ3n) is 3.93. The number of carbonyl (C=O) groups excluding carboxylic acids is 1. The molecular weight excluding hydrogens is 250 g/mol. The molecule has 0 aromatic carbocycles. The van der Waals surface area contributed by atoms with Gasteiger partial charge in [-0.05, 0) is 19.8 Å². The second-order valence-corrected chi connectivity index (χ2v) is 5.14. The van der Waals surface area contributed by atoms with Gasteiger partial charge in [0.15, 0.2) is 0 Å². The second kappa shape index (κ2) is 5.85. The van der Waals surface area contributed by atoms with Crippen LogP contribution in [0.15, 0.2) is 0 Å². The standard InChI is InChI=1S/C13H22ClN3O/c1-5-13(6-2,8-15)11(18)7-10-12(14)9(3)16-17(10)4/h5-8,15H2,1-4H3. The number of halogens is 1. The van der Waals surface area contributed by atoms with E-state index in [0.717, 1.165) is 24.2 Å². The van der Waals surface area contributed by atoms with Crippen molar-refractivity contribution < 1.29 is 4.79 Å². The van der Waals surface area contributed by atoms with Gasteiger partial charge in [0.05, 0.1) is 22.8 Å². The first-order chi connectivity index (χ1) is 8.41. The Bertz CT molecular complexity index is 427. The van der Waals surface area contributed by atoms with Gasteiger partial charge in [0.1, 0.15) is 5.78 Å². The van der Waals surface area contributed by atoms with Crippen molar-refractivity contribution in [1.82, 2.24) is 9.78 Å². The fourth-order valence-electron chi connectivity index (χ4n) is 2.26. The van der Waals surface area contributed by atoms with Crippen molar-refractivity contribution in [2.24, 2.45) is 18.2 Å². The van der Waals surface area contributed by atoms with E-state index in [2.05, 4.69) is 5.10 Å². The van der Waals surface area contributed by atoms with Gasteiger partial charge in [0.25, 0.3) is 0 Å². The Kier molecular flexibility index (Phi) is 4.93. The topological polar surface area (TPSA) is 60.9 Å². The minimum absolute atomic E-state index is 0.153. The lowest BCUT2D eigenvalue weighted by molar-refractivity contribution is -0.128. The predicted octanol–water partition coefficient (Wildman–Crippen LogP) is 2.26. The van der Waals surface area contributed by atoms with Gasteiger partial charge in [0.2, 0.25) is 0 Å². The lowest BCUT2D eigenvalue weighted by Gasteiger charge is -2.28. The molecular formula is C13H22ClN3O. The number of aryl methyl sites for hydroxylation is 2. The molecule has 5 heteroatoms. The van der Waals surface area contributed by atoms with E-state index >= 15 is 0 Å². The second-order valence-electron chi connectivity index (χ2n) is 4.76. The first kappa shape index (κ1) is 15.2. The van der Waals surface area contributed by atoms with Crippen molar-refractivity contribution in [3.8, 4) is 0 Å². The fraction of sp³-hybridized carbons (Fsp3) is 0.692. The average Bonchev–Trinajstić information content (AvgIpc) is 2.59. The lowest BCUT2D eigenvalue weighted by Crippen LogP contribution is -2.39. The van der Waals surface area contributed by atoms with Crippen molar-refractivity contribution >= 4 is 17.4 Å². The number of nitrogens with two attached hydrogens (primary N) is 1. The quantitative estimate of drug-likeness (QED) is 0.863. The molecule has 1 heterocycles. The summed E-state index contributed by atoms with van der Waals surface area (Å²) in [5.74, 6) is 0.153. The molecule has 1 aromatic heterocycles. The highest BCUT2D eigenvalue weighted by atomic mass is 35.5. The molecule has 0 bridgehead atoms. The van der Waals surface area contributed by atoms with E-state index < -0.39 is 5.41 Å². The van der Waals surface area contributed by atoms with Crippen LogP contribution in [0.4, 0.5) is 0 Å². The van der Waals surface area contributed by atoms with E-state index in [0.29, 0.717) is 18.0 Å². The molecule has 0 fully saturated rings. The average molecular weight is 272 g/mol. The van der Waals surface area contributed by atoms with Crippen molar-refractivity contribution in [3.63, 3.8) is 0 Å². The van der Waals surface area contributed by atoms with Crippen molar-refractivity contribution in [2.75, 3.05) is 6.54 Å². The fourth-order valence-corrected chi connectivity index (χ4v) is 2.49. The largest absolute Gasteiger partial charge is 0.329 e. The van der Waals surface area contributed by atoms with Crippen LogP contribution in [0.1, 0.15) is 38.1 Å². The Morgan fingerprint density at radius 1 is 1.44 bits per heavy atom. The van der Waals surface area contributed by atoms with Gasteiger partial charge in [0, 0.05) is 19.0 Å². The highest BCUT2D eigenvalue weighted by molar-refractivity contribution is 6.32. The van der Waals surface area contributed by atoms with Crippen LogP contribution in [0.2, 0.25) is 5.02 Å². The molecule has 0 unspecified atom stereocenters.